The standard InChI is InChI=1S/C24H23N3O2S/c1-2-5-22-19(4-1)21-16-20(23-6-3-15-30-23)25-27(21)24(29-22)17-7-9-18(10-8-17)26-11-13-28-14-12-26/h1-10,15,21,24H,11-14,16H2/t21-,24+/m1/s1. The van der Waals surface area contributed by atoms with Gasteiger partial charge in [-0.15, -0.1) is 11.3 Å². The van der Waals surface area contributed by atoms with Crippen LogP contribution in [-0.4, -0.2) is 37.0 Å². The first-order chi connectivity index (χ1) is 14.9. The molecule has 5 nitrogen and oxygen atoms in total. The predicted molar refractivity (Wildman–Crippen MR) is 119 cm³/mol. The van der Waals surface area contributed by atoms with Gasteiger partial charge in [-0.05, 0) is 29.6 Å². The molecule has 1 aromatic heterocycles. The van der Waals surface area contributed by atoms with Gasteiger partial charge < -0.3 is 14.4 Å². The highest BCUT2D eigenvalue weighted by molar-refractivity contribution is 7.12. The van der Waals surface area contributed by atoms with E-state index in [1.807, 2.05) is 6.07 Å². The third-order valence-corrected chi connectivity index (χ3v) is 6.98. The van der Waals surface area contributed by atoms with Crippen LogP contribution in [0.1, 0.15) is 34.7 Å². The zero-order chi connectivity index (χ0) is 19.9. The van der Waals surface area contributed by atoms with Gasteiger partial charge in [0.05, 0.1) is 29.8 Å². The largest absolute Gasteiger partial charge is 0.464 e. The Morgan fingerprint density at radius 3 is 2.57 bits per heavy atom. The maximum absolute atomic E-state index is 6.47. The minimum Gasteiger partial charge on any atom is -0.464 e. The number of anilines is 1. The summed E-state index contributed by atoms with van der Waals surface area (Å²) in [5.41, 5.74) is 4.72. The number of ether oxygens (including phenoxy) is 2. The summed E-state index contributed by atoms with van der Waals surface area (Å²) >= 11 is 1.75. The number of morpholine rings is 1. The van der Waals surface area contributed by atoms with Crippen LogP contribution in [0.25, 0.3) is 0 Å². The lowest BCUT2D eigenvalue weighted by atomic mass is 9.97. The van der Waals surface area contributed by atoms with Gasteiger partial charge in [0.15, 0.2) is 0 Å². The van der Waals surface area contributed by atoms with Crippen LogP contribution in [0.15, 0.2) is 71.1 Å². The Kier molecular flexibility index (Phi) is 4.47. The summed E-state index contributed by atoms with van der Waals surface area (Å²) in [7, 11) is 0. The highest BCUT2D eigenvalue weighted by atomic mass is 32.1. The normalized spacial score (nSPS) is 22.9. The number of hydrogen-bond acceptors (Lipinski definition) is 6. The van der Waals surface area contributed by atoms with E-state index in [2.05, 4.69) is 69.9 Å². The van der Waals surface area contributed by atoms with Crippen LogP contribution in [-0.2, 0) is 4.74 Å². The van der Waals surface area contributed by atoms with E-state index in [4.69, 9.17) is 14.6 Å². The van der Waals surface area contributed by atoms with Crippen molar-refractivity contribution in [2.24, 2.45) is 5.10 Å². The van der Waals surface area contributed by atoms with E-state index in [9.17, 15) is 0 Å². The zero-order valence-corrected chi connectivity index (χ0v) is 17.4. The molecule has 0 spiro atoms. The first-order valence-corrected chi connectivity index (χ1v) is 11.3. The Morgan fingerprint density at radius 1 is 0.933 bits per heavy atom. The number of hydrogen-bond donors (Lipinski definition) is 0. The van der Waals surface area contributed by atoms with Crippen molar-refractivity contribution in [1.29, 1.82) is 0 Å². The molecule has 0 saturated carbocycles. The van der Waals surface area contributed by atoms with Crippen molar-refractivity contribution in [3.63, 3.8) is 0 Å². The SMILES string of the molecule is c1csc(C2=NN3[C@H](C2)c2ccccc2O[C@H]3c2ccc(N3CCOCC3)cc2)c1. The van der Waals surface area contributed by atoms with E-state index >= 15 is 0 Å². The molecule has 30 heavy (non-hydrogen) atoms. The summed E-state index contributed by atoms with van der Waals surface area (Å²) in [6.07, 6.45) is 0.685. The van der Waals surface area contributed by atoms with E-state index < -0.39 is 0 Å². The number of hydrazone groups is 1. The Bertz CT molecular complexity index is 1060. The van der Waals surface area contributed by atoms with Crippen LogP contribution in [0.2, 0.25) is 0 Å². The summed E-state index contributed by atoms with van der Waals surface area (Å²) in [5, 5.41) is 9.30. The van der Waals surface area contributed by atoms with Gasteiger partial charge >= 0.3 is 0 Å². The third kappa shape index (κ3) is 3.07. The summed E-state index contributed by atoms with van der Waals surface area (Å²) in [6.45, 7) is 3.46. The average molecular weight is 418 g/mol. The van der Waals surface area contributed by atoms with Crippen LogP contribution in [0.3, 0.4) is 0 Å². The molecule has 152 valence electrons. The predicted octanol–water partition coefficient (Wildman–Crippen LogP) is 4.83. The summed E-state index contributed by atoms with van der Waals surface area (Å²) in [4.78, 5) is 3.61. The Morgan fingerprint density at radius 2 is 1.77 bits per heavy atom. The second-order valence-corrected chi connectivity index (χ2v) is 8.77. The number of para-hydroxylation sites is 1. The monoisotopic (exact) mass is 417 g/mol. The molecule has 3 aromatic rings. The number of nitrogens with zero attached hydrogens (tertiary/aromatic N) is 3. The van der Waals surface area contributed by atoms with Crippen LogP contribution in [0.5, 0.6) is 5.75 Å². The second-order valence-electron chi connectivity index (χ2n) is 7.82. The molecule has 6 heteroatoms. The van der Waals surface area contributed by atoms with Gasteiger partial charge in [-0.1, -0.05) is 36.4 Å². The molecule has 0 amide bonds. The third-order valence-electron chi connectivity index (χ3n) is 6.06. The van der Waals surface area contributed by atoms with E-state index in [1.54, 1.807) is 11.3 Å². The maximum Gasteiger partial charge on any atom is 0.213 e. The van der Waals surface area contributed by atoms with Crippen LogP contribution in [0, 0.1) is 0 Å². The summed E-state index contributed by atoms with van der Waals surface area (Å²) in [5.74, 6) is 0.962. The van der Waals surface area contributed by atoms with Gasteiger partial charge in [0.2, 0.25) is 6.23 Å². The smallest absolute Gasteiger partial charge is 0.213 e. The molecule has 6 rings (SSSR count). The second kappa shape index (κ2) is 7.45. The fourth-order valence-electron chi connectivity index (χ4n) is 4.52. The highest BCUT2D eigenvalue weighted by Crippen LogP contribution is 2.47. The molecular formula is C24H23N3O2S. The van der Waals surface area contributed by atoms with Crippen molar-refractivity contribution in [3.8, 4) is 5.75 Å². The van der Waals surface area contributed by atoms with Crippen molar-refractivity contribution in [1.82, 2.24) is 5.01 Å². The van der Waals surface area contributed by atoms with Crippen LogP contribution >= 0.6 is 11.3 Å². The number of thiophene rings is 1. The van der Waals surface area contributed by atoms with E-state index in [1.165, 1.54) is 16.1 Å². The van der Waals surface area contributed by atoms with E-state index in [0.29, 0.717) is 0 Å². The fraction of sp³-hybridized carbons (Fsp3) is 0.292. The van der Waals surface area contributed by atoms with Crippen molar-refractivity contribution in [2.45, 2.75) is 18.7 Å². The summed E-state index contributed by atoms with van der Waals surface area (Å²) < 4.78 is 12.0. The van der Waals surface area contributed by atoms with E-state index in [-0.39, 0.29) is 12.3 Å². The number of fused-ring (bicyclic) bond motifs is 3. The molecule has 3 aliphatic heterocycles. The zero-order valence-electron chi connectivity index (χ0n) is 16.6. The van der Waals surface area contributed by atoms with Gasteiger partial charge in [0.1, 0.15) is 5.75 Å². The molecule has 1 saturated heterocycles. The lowest BCUT2D eigenvalue weighted by Crippen LogP contribution is -2.36. The van der Waals surface area contributed by atoms with Gasteiger partial charge in [0, 0.05) is 36.3 Å². The highest BCUT2D eigenvalue weighted by Gasteiger charge is 2.41. The van der Waals surface area contributed by atoms with Crippen molar-refractivity contribution in [2.75, 3.05) is 31.2 Å². The fourth-order valence-corrected chi connectivity index (χ4v) is 5.24. The van der Waals surface area contributed by atoms with Crippen LogP contribution in [0.4, 0.5) is 5.69 Å². The molecular weight excluding hydrogens is 394 g/mol. The number of benzene rings is 2. The minimum atomic E-state index is -0.221. The van der Waals surface area contributed by atoms with Gasteiger partial charge in [-0.2, -0.15) is 5.10 Å². The molecule has 0 bridgehead atoms. The molecule has 2 atom stereocenters. The van der Waals surface area contributed by atoms with Crippen LogP contribution < -0.4 is 9.64 Å². The van der Waals surface area contributed by atoms with Gasteiger partial charge in [-0.25, -0.2) is 5.01 Å². The van der Waals surface area contributed by atoms with Gasteiger partial charge in [-0.3, -0.25) is 0 Å². The van der Waals surface area contributed by atoms with Gasteiger partial charge in [0.25, 0.3) is 0 Å². The quantitative estimate of drug-likeness (QED) is 0.612. The van der Waals surface area contributed by atoms with Crippen molar-refractivity contribution >= 4 is 22.7 Å². The molecule has 0 unspecified atom stereocenters. The lowest BCUT2D eigenvalue weighted by molar-refractivity contribution is -0.0190. The Labute approximate surface area is 180 Å². The molecule has 0 aliphatic carbocycles. The Balaban J connectivity index is 1.34. The summed E-state index contributed by atoms with van der Waals surface area (Å²) in [6, 6.07) is 21.6. The van der Waals surface area contributed by atoms with Crippen molar-refractivity contribution < 1.29 is 9.47 Å². The number of rotatable bonds is 3. The topological polar surface area (TPSA) is 37.3 Å². The molecule has 4 heterocycles. The molecule has 1 fully saturated rings. The minimum absolute atomic E-state index is 0.205. The first kappa shape index (κ1) is 18.0. The molecule has 0 radical (unpaired) electrons. The molecule has 2 aromatic carbocycles. The molecule has 3 aliphatic rings. The van der Waals surface area contributed by atoms with Crippen molar-refractivity contribution in [3.05, 3.63) is 82.0 Å². The molecule has 0 N–H and O–H groups in total. The average Bonchev–Trinajstić information content (AvgIpc) is 3.49. The Hall–Kier alpha value is -2.83. The first-order valence-electron chi connectivity index (χ1n) is 10.4. The maximum atomic E-state index is 6.47. The van der Waals surface area contributed by atoms with E-state index in [0.717, 1.165) is 49.7 Å². The lowest BCUT2D eigenvalue weighted by Gasteiger charge is -2.38.